The lowest BCUT2D eigenvalue weighted by atomic mass is 10.0. The zero-order valence-electron chi connectivity index (χ0n) is 25.2. The largest absolute Gasteiger partial charge is 0.441 e. The number of nitrogens with zero attached hydrogens (tertiary/aromatic N) is 2. The Bertz CT molecular complexity index is 1600. The molecular weight excluding hydrogens is 592 g/mol. The maximum absolute atomic E-state index is 14.0. The van der Waals surface area contributed by atoms with E-state index in [-0.39, 0.29) is 44.8 Å². The zero-order valence-corrected chi connectivity index (χ0v) is 27.0. The molecule has 0 amide bonds. The van der Waals surface area contributed by atoms with Crippen LogP contribution in [0.4, 0.5) is 0 Å². The monoisotopic (exact) mass is 631 g/mol. The third-order valence-corrected chi connectivity index (χ3v) is 11.6. The average molecular weight is 632 g/mol. The second-order valence-electron chi connectivity index (χ2n) is 9.73. The van der Waals surface area contributed by atoms with E-state index in [1.807, 2.05) is 25.1 Å². The van der Waals surface area contributed by atoms with E-state index >= 15 is 0 Å². The fraction of sp³-hybridized carbons (Fsp3) is 0.433. The number of pyridine rings is 1. The molecule has 232 valence electrons. The second kappa shape index (κ2) is 14.7. The van der Waals surface area contributed by atoms with Crippen LogP contribution < -0.4 is 0 Å². The molecule has 0 saturated heterocycles. The summed E-state index contributed by atoms with van der Waals surface area (Å²) < 4.78 is 55.8. The highest BCUT2D eigenvalue weighted by molar-refractivity contribution is 7.58. The fourth-order valence-corrected chi connectivity index (χ4v) is 9.58. The van der Waals surface area contributed by atoms with Crippen molar-refractivity contribution in [2.45, 2.75) is 53.1 Å². The molecule has 0 aliphatic rings. The molecule has 1 atom stereocenters. The summed E-state index contributed by atoms with van der Waals surface area (Å²) in [6.45, 7) is 9.30. The van der Waals surface area contributed by atoms with Gasteiger partial charge in [0.05, 0.1) is 38.3 Å². The first-order valence-electron chi connectivity index (χ1n) is 14.4. The number of aryl methyl sites for hydroxylation is 2. The standard InChI is InChI=1S/C30H39N3O8P2/c1-6-37-42(35,38-7-2)20-29(43(36,39-8-3)40-9-4)27-18-23-10-11-24(19-26(23)32-27)28(34)13-12-25-21(5)41-30(33-25)22-14-16-31-17-15-22/h10-11,14-19,29,32H,6-9,12-13,20H2,1-5H3. The molecule has 0 saturated carbocycles. The first-order valence-corrected chi connectivity index (χ1v) is 17.8. The number of carbonyl (C=O) groups is 1. The number of hydrogen-bond acceptors (Lipinski definition) is 10. The van der Waals surface area contributed by atoms with Crippen LogP contribution in [0.15, 0.2) is 53.2 Å². The van der Waals surface area contributed by atoms with Gasteiger partial charge in [0.25, 0.3) is 0 Å². The molecule has 0 aliphatic carbocycles. The summed E-state index contributed by atoms with van der Waals surface area (Å²) >= 11 is 0. The van der Waals surface area contributed by atoms with E-state index < -0.39 is 20.9 Å². The third-order valence-electron chi connectivity index (χ3n) is 6.78. The first-order chi connectivity index (χ1) is 20.6. The van der Waals surface area contributed by atoms with Crippen LogP contribution in [0, 0.1) is 6.92 Å². The summed E-state index contributed by atoms with van der Waals surface area (Å²) in [6, 6.07) is 10.8. The van der Waals surface area contributed by atoms with Gasteiger partial charge in [-0.15, -0.1) is 0 Å². The van der Waals surface area contributed by atoms with Gasteiger partial charge in [-0.2, -0.15) is 0 Å². The molecule has 0 aliphatic heterocycles. The number of fused-ring (bicyclic) bond motifs is 1. The number of hydrogen-bond donors (Lipinski definition) is 1. The van der Waals surface area contributed by atoms with E-state index in [4.69, 9.17) is 22.5 Å². The Balaban J connectivity index is 1.59. The number of nitrogens with one attached hydrogen (secondary N) is 1. The van der Waals surface area contributed by atoms with E-state index in [0.717, 1.165) is 16.6 Å². The maximum atomic E-state index is 14.0. The Morgan fingerprint density at radius 3 is 2.21 bits per heavy atom. The fourth-order valence-electron chi connectivity index (χ4n) is 4.85. The van der Waals surface area contributed by atoms with Gasteiger partial charge in [-0.3, -0.25) is 18.9 Å². The number of H-pyrrole nitrogens is 1. The Morgan fingerprint density at radius 1 is 0.930 bits per heavy atom. The van der Waals surface area contributed by atoms with Crippen molar-refractivity contribution in [3.05, 3.63) is 71.5 Å². The number of aromatic nitrogens is 3. The molecule has 0 fully saturated rings. The van der Waals surface area contributed by atoms with Crippen LogP contribution >= 0.6 is 15.2 Å². The minimum Gasteiger partial charge on any atom is -0.441 e. The minimum absolute atomic E-state index is 0.0611. The van der Waals surface area contributed by atoms with Crippen molar-refractivity contribution in [3.8, 4) is 11.5 Å². The lowest BCUT2D eigenvalue weighted by molar-refractivity contribution is 0.0982. The molecule has 4 rings (SSSR count). The molecule has 1 aromatic carbocycles. The number of ketones is 1. The van der Waals surface area contributed by atoms with Crippen molar-refractivity contribution in [1.29, 1.82) is 0 Å². The van der Waals surface area contributed by atoms with Crippen molar-refractivity contribution >= 4 is 31.9 Å². The molecule has 11 nitrogen and oxygen atoms in total. The minimum atomic E-state index is -3.80. The predicted molar refractivity (Wildman–Crippen MR) is 165 cm³/mol. The SMILES string of the molecule is CCOP(=O)(CC(c1cc2ccc(C(=O)CCc3nc(-c4ccncc4)oc3C)cc2[nH]1)P(=O)(OCC)OCC)OCC. The molecular formula is C30H39N3O8P2. The van der Waals surface area contributed by atoms with E-state index in [1.54, 1.807) is 58.3 Å². The summed E-state index contributed by atoms with van der Waals surface area (Å²) in [4.78, 5) is 25.1. The van der Waals surface area contributed by atoms with Gasteiger partial charge in [-0.05, 0) is 64.3 Å². The van der Waals surface area contributed by atoms with E-state index in [2.05, 4.69) is 15.0 Å². The van der Waals surface area contributed by atoms with Gasteiger partial charge >= 0.3 is 15.2 Å². The maximum Gasteiger partial charge on any atom is 0.340 e. The Labute approximate surface area is 251 Å². The molecule has 3 heterocycles. The van der Waals surface area contributed by atoms with Crippen LogP contribution in [0.3, 0.4) is 0 Å². The van der Waals surface area contributed by atoms with Crippen molar-refractivity contribution in [3.63, 3.8) is 0 Å². The number of oxazole rings is 1. The van der Waals surface area contributed by atoms with Crippen molar-refractivity contribution in [2.75, 3.05) is 32.6 Å². The highest BCUT2D eigenvalue weighted by atomic mass is 31.2. The average Bonchev–Trinajstić information content (AvgIpc) is 3.58. The summed E-state index contributed by atoms with van der Waals surface area (Å²) in [5.41, 5.74) is 2.26. The molecule has 1 N–H and O–H groups in total. The van der Waals surface area contributed by atoms with Gasteiger partial charge in [-0.25, -0.2) is 4.98 Å². The van der Waals surface area contributed by atoms with Crippen LogP contribution in [0.25, 0.3) is 22.4 Å². The van der Waals surface area contributed by atoms with Crippen molar-refractivity contribution in [1.82, 2.24) is 15.0 Å². The topological polar surface area (TPSA) is 143 Å². The lowest BCUT2D eigenvalue weighted by Gasteiger charge is -2.28. The van der Waals surface area contributed by atoms with Gasteiger partial charge in [-0.1, -0.05) is 12.1 Å². The van der Waals surface area contributed by atoms with Crippen LogP contribution in [0.2, 0.25) is 0 Å². The number of benzene rings is 1. The normalized spacial score (nSPS) is 13.0. The molecule has 0 bridgehead atoms. The van der Waals surface area contributed by atoms with Gasteiger partial charge < -0.3 is 27.5 Å². The van der Waals surface area contributed by atoms with Gasteiger partial charge in [0, 0.05) is 47.6 Å². The van der Waals surface area contributed by atoms with Crippen molar-refractivity contribution < 1.29 is 36.4 Å². The number of aromatic amines is 1. The lowest BCUT2D eigenvalue weighted by Crippen LogP contribution is -2.14. The Morgan fingerprint density at radius 2 is 1.58 bits per heavy atom. The van der Waals surface area contributed by atoms with Crippen LogP contribution in [-0.2, 0) is 33.6 Å². The number of Topliss-reactive ketones (excluding diaryl/α,β-unsaturated/α-hetero) is 1. The third kappa shape index (κ3) is 7.98. The van der Waals surface area contributed by atoms with Gasteiger partial charge in [0.1, 0.15) is 11.4 Å². The quantitative estimate of drug-likeness (QED) is 0.0902. The molecule has 1 unspecified atom stereocenters. The number of rotatable bonds is 17. The predicted octanol–water partition coefficient (Wildman–Crippen LogP) is 7.92. The van der Waals surface area contributed by atoms with E-state index in [9.17, 15) is 13.9 Å². The molecule has 0 spiro atoms. The Kier molecular flexibility index (Phi) is 11.3. The molecule has 43 heavy (non-hydrogen) atoms. The summed E-state index contributed by atoms with van der Waals surface area (Å²) in [5.74, 6) is 1.10. The van der Waals surface area contributed by atoms with Crippen LogP contribution in [-0.4, -0.2) is 53.3 Å². The molecule has 0 radical (unpaired) electrons. The second-order valence-corrected chi connectivity index (χ2v) is 14.1. The molecule has 13 heteroatoms. The smallest absolute Gasteiger partial charge is 0.340 e. The summed E-state index contributed by atoms with van der Waals surface area (Å²) in [6.07, 6.45) is 3.80. The summed E-state index contributed by atoms with van der Waals surface area (Å²) in [7, 11) is -7.44. The highest BCUT2D eigenvalue weighted by Gasteiger charge is 2.44. The van der Waals surface area contributed by atoms with Gasteiger partial charge in [0.2, 0.25) is 5.89 Å². The van der Waals surface area contributed by atoms with Crippen LogP contribution in [0.5, 0.6) is 0 Å². The van der Waals surface area contributed by atoms with Gasteiger partial charge in [0.15, 0.2) is 5.78 Å². The van der Waals surface area contributed by atoms with E-state index in [1.165, 1.54) is 0 Å². The first kappa shape index (κ1) is 33.0. The Hall–Kier alpha value is -2.91. The van der Waals surface area contributed by atoms with E-state index in [0.29, 0.717) is 34.8 Å². The summed E-state index contributed by atoms with van der Waals surface area (Å²) in [5, 5.41) is 0.785. The van der Waals surface area contributed by atoms with Crippen LogP contribution in [0.1, 0.15) is 67.3 Å². The molecule has 4 aromatic rings. The zero-order chi connectivity index (χ0) is 31.0. The highest BCUT2D eigenvalue weighted by Crippen LogP contribution is 2.66. The molecule has 3 aromatic heterocycles. The number of carbonyl (C=O) groups excluding carboxylic acids is 1. The van der Waals surface area contributed by atoms with Crippen molar-refractivity contribution in [2.24, 2.45) is 0 Å².